The lowest BCUT2D eigenvalue weighted by Gasteiger charge is -1.94. The van der Waals surface area contributed by atoms with Crippen molar-refractivity contribution in [2.75, 3.05) is 0 Å². The average Bonchev–Trinajstić information content (AvgIpc) is 2.50. The number of alkyl halides is 1. The molecule has 0 radical (unpaired) electrons. The molecule has 0 atom stereocenters. The molecular weight excluding hydrogens is 178 g/mol. The van der Waals surface area contributed by atoms with Gasteiger partial charge in [-0.05, 0) is 5.56 Å². The second-order valence-corrected chi connectivity index (χ2v) is 2.72. The standard InChI is InChI=1S/C7H6ClN3O/c8-2-4-1-6(12)10-7-5(4)3-9-11-7/h1,3H,2H2,(H2,9,10,11,12). The Balaban J connectivity index is 2.89. The van der Waals surface area contributed by atoms with Crippen molar-refractivity contribution >= 4 is 22.6 Å². The second kappa shape index (κ2) is 2.64. The molecular formula is C7H6ClN3O. The summed E-state index contributed by atoms with van der Waals surface area (Å²) in [5, 5.41) is 7.33. The first kappa shape index (κ1) is 7.36. The maximum absolute atomic E-state index is 11.0. The van der Waals surface area contributed by atoms with Gasteiger partial charge in [0.15, 0.2) is 0 Å². The van der Waals surface area contributed by atoms with Crippen LogP contribution in [0.5, 0.6) is 0 Å². The Morgan fingerprint density at radius 2 is 2.42 bits per heavy atom. The fraction of sp³-hybridized carbons (Fsp3) is 0.143. The highest BCUT2D eigenvalue weighted by Gasteiger charge is 2.02. The normalized spacial score (nSPS) is 10.8. The van der Waals surface area contributed by atoms with E-state index in [9.17, 15) is 4.79 Å². The van der Waals surface area contributed by atoms with Crippen LogP contribution in [0, 0.1) is 0 Å². The highest BCUT2D eigenvalue weighted by Crippen LogP contribution is 2.13. The van der Waals surface area contributed by atoms with Crippen LogP contribution in [0.15, 0.2) is 17.1 Å². The van der Waals surface area contributed by atoms with Crippen LogP contribution in [0.3, 0.4) is 0 Å². The fourth-order valence-corrected chi connectivity index (χ4v) is 1.35. The number of pyridine rings is 1. The molecule has 0 spiro atoms. The summed E-state index contributed by atoms with van der Waals surface area (Å²) >= 11 is 5.64. The predicted octanol–water partition coefficient (Wildman–Crippen LogP) is 0.990. The van der Waals surface area contributed by atoms with Crippen molar-refractivity contribution in [2.24, 2.45) is 0 Å². The van der Waals surface area contributed by atoms with Gasteiger partial charge in [-0.25, -0.2) is 0 Å². The molecule has 0 aliphatic rings. The Hall–Kier alpha value is -1.29. The molecule has 2 rings (SSSR count). The minimum Gasteiger partial charge on any atom is -0.307 e. The molecule has 0 amide bonds. The van der Waals surface area contributed by atoms with Crippen LogP contribution in [0.2, 0.25) is 0 Å². The van der Waals surface area contributed by atoms with Crippen LogP contribution >= 0.6 is 11.6 Å². The van der Waals surface area contributed by atoms with Crippen molar-refractivity contribution in [3.05, 3.63) is 28.2 Å². The number of fused-ring (bicyclic) bond motifs is 1. The van der Waals surface area contributed by atoms with Gasteiger partial charge in [-0.15, -0.1) is 11.6 Å². The molecule has 2 aromatic heterocycles. The number of aromatic amines is 2. The highest BCUT2D eigenvalue weighted by molar-refractivity contribution is 6.17. The summed E-state index contributed by atoms with van der Waals surface area (Å²) in [6.07, 6.45) is 1.64. The quantitative estimate of drug-likeness (QED) is 0.648. The van der Waals surface area contributed by atoms with E-state index in [1.54, 1.807) is 6.20 Å². The molecule has 0 aromatic carbocycles. The number of hydrogen-bond acceptors (Lipinski definition) is 2. The number of nitrogens with one attached hydrogen (secondary N) is 2. The molecule has 2 heterocycles. The van der Waals surface area contributed by atoms with Crippen molar-refractivity contribution < 1.29 is 0 Å². The van der Waals surface area contributed by atoms with E-state index in [0.29, 0.717) is 11.5 Å². The van der Waals surface area contributed by atoms with Crippen LogP contribution in [0.1, 0.15) is 5.56 Å². The molecule has 0 bridgehead atoms. The molecule has 0 saturated heterocycles. The first-order valence-electron chi connectivity index (χ1n) is 3.42. The highest BCUT2D eigenvalue weighted by atomic mass is 35.5. The Morgan fingerprint density at radius 1 is 1.58 bits per heavy atom. The predicted molar refractivity (Wildman–Crippen MR) is 46.3 cm³/mol. The first-order valence-corrected chi connectivity index (χ1v) is 3.96. The van der Waals surface area contributed by atoms with Gasteiger partial charge in [-0.1, -0.05) is 0 Å². The van der Waals surface area contributed by atoms with Crippen LogP contribution in [0.25, 0.3) is 11.0 Å². The maximum atomic E-state index is 11.0. The van der Waals surface area contributed by atoms with E-state index in [1.807, 2.05) is 0 Å². The van der Waals surface area contributed by atoms with Gasteiger partial charge in [0.2, 0.25) is 5.56 Å². The minimum absolute atomic E-state index is 0.164. The number of rotatable bonds is 1. The third kappa shape index (κ3) is 1.00. The summed E-state index contributed by atoms with van der Waals surface area (Å²) in [4.78, 5) is 13.6. The third-order valence-corrected chi connectivity index (χ3v) is 1.97. The molecule has 0 fully saturated rings. The number of hydrogen-bond donors (Lipinski definition) is 2. The Labute approximate surface area is 72.6 Å². The SMILES string of the molecule is O=c1cc(CCl)c2cn[nH]c2[nH]1. The Kier molecular flexibility index (Phi) is 1.62. The molecule has 0 aliphatic heterocycles. The maximum Gasteiger partial charge on any atom is 0.249 e. The van der Waals surface area contributed by atoms with Gasteiger partial charge in [0.05, 0.1) is 6.20 Å². The van der Waals surface area contributed by atoms with E-state index >= 15 is 0 Å². The molecule has 5 heteroatoms. The van der Waals surface area contributed by atoms with E-state index in [2.05, 4.69) is 15.2 Å². The third-order valence-electron chi connectivity index (χ3n) is 1.68. The lowest BCUT2D eigenvalue weighted by atomic mass is 10.2. The van der Waals surface area contributed by atoms with E-state index in [-0.39, 0.29) is 5.56 Å². The lowest BCUT2D eigenvalue weighted by Crippen LogP contribution is -2.05. The second-order valence-electron chi connectivity index (χ2n) is 2.45. The summed E-state index contributed by atoms with van der Waals surface area (Å²) < 4.78 is 0. The van der Waals surface area contributed by atoms with E-state index in [1.165, 1.54) is 6.07 Å². The van der Waals surface area contributed by atoms with Crippen LogP contribution in [-0.4, -0.2) is 15.2 Å². The van der Waals surface area contributed by atoms with Gasteiger partial charge in [-0.3, -0.25) is 9.89 Å². The van der Waals surface area contributed by atoms with E-state index in [0.717, 1.165) is 10.9 Å². The number of H-pyrrole nitrogens is 2. The zero-order valence-corrected chi connectivity index (χ0v) is 6.85. The lowest BCUT2D eigenvalue weighted by molar-refractivity contribution is 1.09. The largest absolute Gasteiger partial charge is 0.307 e. The molecule has 2 aromatic rings. The van der Waals surface area contributed by atoms with Crippen LogP contribution < -0.4 is 5.56 Å². The van der Waals surface area contributed by atoms with Gasteiger partial charge in [0.1, 0.15) is 5.65 Å². The smallest absolute Gasteiger partial charge is 0.249 e. The molecule has 0 aliphatic carbocycles. The number of halogens is 1. The summed E-state index contributed by atoms with van der Waals surface area (Å²) in [6, 6.07) is 1.48. The van der Waals surface area contributed by atoms with Crippen molar-refractivity contribution in [3.63, 3.8) is 0 Å². The molecule has 12 heavy (non-hydrogen) atoms. The monoisotopic (exact) mass is 183 g/mol. The van der Waals surface area contributed by atoms with Gasteiger partial charge >= 0.3 is 0 Å². The van der Waals surface area contributed by atoms with Crippen LogP contribution in [0.4, 0.5) is 0 Å². The molecule has 0 unspecified atom stereocenters. The zero-order chi connectivity index (χ0) is 8.55. The topological polar surface area (TPSA) is 61.5 Å². The Morgan fingerprint density at radius 3 is 3.17 bits per heavy atom. The summed E-state index contributed by atoms with van der Waals surface area (Å²) in [5.74, 6) is 0.319. The first-order chi connectivity index (χ1) is 5.81. The molecule has 4 nitrogen and oxygen atoms in total. The van der Waals surface area contributed by atoms with E-state index < -0.39 is 0 Å². The summed E-state index contributed by atoms with van der Waals surface area (Å²) in [6.45, 7) is 0. The van der Waals surface area contributed by atoms with Crippen molar-refractivity contribution in [2.45, 2.75) is 5.88 Å². The molecule has 62 valence electrons. The zero-order valence-electron chi connectivity index (χ0n) is 6.10. The van der Waals surface area contributed by atoms with Gasteiger partial charge in [0, 0.05) is 17.3 Å². The summed E-state index contributed by atoms with van der Waals surface area (Å²) in [5.41, 5.74) is 1.25. The van der Waals surface area contributed by atoms with Gasteiger partial charge in [-0.2, -0.15) is 5.10 Å². The van der Waals surface area contributed by atoms with Crippen molar-refractivity contribution in [3.8, 4) is 0 Å². The Bertz CT molecular complexity index is 459. The van der Waals surface area contributed by atoms with E-state index in [4.69, 9.17) is 11.6 Å². The molecule has 2 N–H and O–H groups in total. The van der Waals surface area contributed by atoms with Crippen LogP contribution in [-0.2, 0) is 5.88 Å². The van der Waals surface area contributed by atoms with Gasteiger partial charge < -0.3 is 4.98 Å². The fourth-order valence-electron chi connectivity index (χ4n) is 1.13. The van der Waals surface area contributed by atoms with Crippen molar-refractivity contribution in [1.29, 1.82) is 0 Å². The van der Waals surface area contributed by atoms with Gasteiger partial charge in [0.25, 0.3) is 0 Å². The molecule has 0 saturated carbocycles. The average molecular weight is 184 g/mol. The number of aromatic nitrogens is 3. The van der Waals surface area contributed by atoms with Crippen molar-refractivity contribution in [1.82, 2.24) is 15.2 Å². The summed E-state index contributed by atoms with van der Waals surface area (Å²) in [7, 11) is 0. The number of nitrogens with zero attached hydrogens (tertiary/aromatic N) is 1. The minimum atomic E-state index is -0.164.